The molecular weight excluding hydrogens is 364 g/mol. The van der Waals surface area contributed by atoms with Crippen LogP contribution in [0.2, 0.25) is 0 Å². The molecule has 0 atom stereocenters. The zero-order chi connectivity index (χ0) is 19.4. The lowest BCUT2D eigenvalue weighted by molar-refractivity contribution is 0.0303. The third-order valence-corrected chi connectivity index (χ3v) is 5.94. The van der Waals surface area contributed by atoms with Crippen LogP contribution in [0.1, 0.15) is 35.7 Å². The zero-order valence-electron chi connectivity index (χ0n) is 15.5. The molecule has 2 aromatic rings. The Morgan fingerprint density at radius 1 is 1.04 bits per heavy atom. The Kier molecular flexibility index (Phi) is 5.82. The van der Waals surface area contributed by atoms with Crippen LogP contribution in [0.15, 0.2) is 53.4 Å². The SMILES string of the molecule is CC(C)c1ccc(S(=O)(=O)Nc2ccccc2C(=O)N2CCOCC2)cc1. The van der Waals surface area contributed by atoms with Crippen molar-refractivity contribution in [2.24, 2.45) is 0 Å². The van der Waals surface area contributed by atoms with E-state index < -0.39 is 10.0 Å². The summed E-state index contributed by atoms with van der Waals surface area (Å²) < 4.78 is 33.4. The summed E-state index contributed by atoms with van der Waals surface area (Å²) in [5.74, 6) is 0.119. The Hall–Kier alpha value is -2.38. The molecule has 1 aliphatic heterocycles. The third kappa shape index (κ3) is 4.48. The number of morpholine rings is 1. The lowest BCUT2D eigenvalue weighted by Gasteiger charge is -2.27. The van der Waals surface area contributed by atoms with E-state index in [1.807, 2.05) is 12.1 Å². The van der Waals surface area contributed by atoms with Gasteiger partial charge in [-0.1, -0.05) is 38.1 Å². The zero-order valence-corrected chi connectivity index (χ0v) is 16.3. The van der Waals surface area contributed by atoms with E-state index in [0.29, 0.717) is 37.8 Å². The highest BCUT2D eigenvalue weighted by atomic mass is 32.2. The summed E-state index contributed by atoms with van der Waals surface area (Å²) in [7, 11) is -3.79. The first-order valence-corrected chi connectivity index (χ1v) is 10.5. The van der Waals surface area contributed by atoms with Crippen molar-refractivity contribution < 1.29 is 17.9 Å². The van der Waals surface area contributed by atoms with E-state index >= 15 is 0 Å². The molecule has 3 rings (SSSR count). The van der Waals surface area contributed by atoms with Crippen molar-refractivity contribution in [1.82, 2.24) is 4.90 Å². The molecule has 2 aromatic carbocycles. The number of nitrogens with zero attached hydrogens (tertiary/aromatic N) is 1. The molecule has 144 valence electrons. The Morgan fingerprint density at radius 2 is 1.67 bits per heavy atom. The first kappa shape index (κ1) is 19.4. The van der Waals surface area contributed by atoms with Crippen LogP contribution in [0.5, 0.6) is 0 Å². The van der Waals surface area contributed by atoms with Crippen LogP contribution in [0.4, 0.5) is 5.69 Å². The molecule has 0 saturated carbocycles. The topological polar surface area (TPSA) is 75.7 Å². The fourth-order valence-electron chi connectivity index (χ4n) is 2.93. The van der Waals surface area contributed by atoms with Crippen molar-refractivity contribution in [1.29, 1.82) is 0 Å². The molecule has 0 aromatic heterocycles. The Labute approximate surface area is 160 Å². The maximum Gasteiger partial charge on any atom is 0.261 e. The number of carbonyl (C=O) groups excluding carboxylic acids is 1. The highest BCUT2D eigenvalue weighted by Crippen LogP contribution is 2.23. The molecule has 1 fully saturated rings. The number of ether oxygens (including phenoxy) is 1. The molecule has 0 bridgehead atoms. The van der Waals surface area contributed by atoms with E-state index in [4.69, 9.17) is 4.74 Å². The second-order valence-corrected chi connectivity index (χ2v) is 8.46. The van der Waals surface area contributed by atoms with Gasteiger partial charge in [-0.15, -0.1) is 0 Å². The van der Waals surface area contributed by atoms with E-state index in [2.05, 4.69) is 18.6 Å². The first-order valence-electron chi connectivity index (χ1n) is 8.97. The molecule has 1 amide bonds. The largest absolute Gasteiger partial charge is 0.378 e. The Bertz CT molecular complexity index is 902. The molecule has 0 radical (unpaired) electrons. The molecule has 27 heavy (non-hydrogen) atoms. The maximum atomic E-state index is 12.8. The average Bonchev–Trinajstić information content (AvgIpc) is 2.68. The summed E-state index contributed by atoms with van der Waals surface area (Å²) in [6, 6.07) is 13.5. The van der Waals surface area contributed by atoms with E-state index in [-0.39, 0.29) is 16.5 Å². The van der Waals surface area contributed by atoms with E-state index in [9.17, 15) is 13.2 Å². The summed E-state index contributed by atoms with van der Waals surface area (Å²) in [5.41, 5.74) is 1.68. The quantitative estimate of drug-likeness (QED) is 0.854. The van der Waals surface area contributed by atoms with Crippen molar-refractivity contribution in [2.45, 2.75) is 24.7 Å². The normalized spacial score (nSPS) is 15.0. The molecule has 0 unspecified atom stereocenters. The number of anilines is 1. The summed E-state index contributed by atoms with van der Waals surface area (Å²) in [6.07, 6.45) is 0. The number of sulfonamides is 1. The molecule has 0 aliphatic carbocycles. The van der Waals surface area contributed by atoms with Gasteiger partial charge in [0.25, 0.3) is 15.9 Å². The number of hydrogen-bond acceptors (Lipinski definition) is 4. The Morgan fingerprint density at radius 3 is 2.30 bits per heavy atom. The standard InChI is InChI=1S/C20H24N2O4S/c1-15(2)16-7-9-17(10-8-16)27(24,25)21-19-6-4-3-5-18(19)20(23)22-11-13-26-14-12-22/h3-10,15,21H,11-14H2,1-2H3. The van der Waals surface area contributed by atoms with Gasteiger partial charge in [-0.3, -0.25) is 9.52 Å². The number of benzene rings is 2. The fraction of sp³-hybridized carbons (Fsp3) is 0.350. The minimum atomic E-state index is -3.79. The number of para-hydroxylation sites is 1. The average molecular weight is 388 g/mol. The number of rotatable bonds is 5. The molecule has 1 aliphatic rings. The van der Waals surface area contributed by atoms with Gasteiger partial charge in [0.05, 0.1) is 29.4 Å². The number of amides is 1. The third-order valence-electron chi connectivity index (χ3n) is 4.56. The van der Waals surface area contributed by atoms with Crippen molar-refractivity contribution in [3.05, 3.63) is 59.7 Å². The molecular formula is C20H24N2O4S. The van der Waals surface area contributed by atoms with Crippen molar-refractivity contribution >= 4 is 21.6 Å². The molecule has 1 heterocycles. The smallest absolute Gasteiger partial charge is 0.261 e. The number of carbonyl (C=O) groups is 1. The minimum Gasteiger partial charge on any atom is -0.378 e. The highest BCUT2D eigenvalue weighted by Gasteiger charge is 2.23. The van der Waals surface area contributed by atoms with Gasteiger partial charge in [-0.2, -0.15) is 0 Å². The highest BCUT2D eigenvalue weighted by molar-refractivity contribution is 7.92. The molecule has 6 nitrogen and oxygen atoms in total. The summed E-state index contributed by atoms with van der Waals surface area (Å²) >= 11 is 0. The minimum absolute atomic E-state index is 0.167. The van der Waals surface area contributed by atoms with Crippen LogP contribution >= 0.6 is 0 Å². The lowest BCUT2D eigenvalue weighted by Crippen LogP contribution is -2.41. The van der Waals surface area contributed by atoms with Crippen LogP contribution in [-0.4, -0.2) is 45.5 Å². The van der Waals surface area contributed by atoms with Crippen LogP contribution < -0.4 is 4.72 Å². The summed E-state index contributed by atoms with van der Waals surface area (Å²) in [4.78, 5) is 14.6. The predicted octanol–water partition coefficient (Wildman–Crippen LogP) is 3.08. The Balaban J connectivity index is 1.85. The molecule has 1 N–H and O–H groups in total. The van der Waals surface area contributed by atoms with Crippen LogP contribution in [0, 0.1) is 0 Å². The van der Waals surface area contributed by atoms with Gasteiger partial charge in [-0.05, 0) is 35.7 Å². The van der Waals surface area contributed by atoms with Crippen molar-refractivity contribution in [3.8, 4) is 0 Å². The van der Waals surface area contributed by atoms with Crippen molar-refractivity contribution in [2.75, 3.05) is 31.0 Å². The first-order chi connectivity index (χ1) is 12.9. The number of hydrogen-bond donors (Lipinski definition) is 1. The van der Waals surface area contributed by atoms with Gasteiger partial charge >= 0.3 is 0 Å². The maximum absolute atomic E-state index is 12.8. The lowest BCUT2D eigenvalue weighted by atomic mass is 10.0. The van der Waals surface area contributed by atoms with E-state index in [1.54, 1.807) is 41.3 Å². The second kappa shape index (κ2) is 8.10. The molecule has 0 spiro atoms. The monoisotopic (exact) mass is 388 g/mol. The summed E-state index contributed by atoms with van der Waals surface area (Å²) in [5, 5.41) is 0. The van der Waals surface area contributed by atoms with Crippen LogP contribution in [-0.2, 0) is 14.8 Å². The molecule has 1 saturated heterocycles. The van der Waals surface area contributed by atoms with Gasteiger partial charge in [0.15, 0.2) is 0 Å². The van der Waals surface area contributed by atoms with Gasteiger partial charge in [0.2, 0.25) is 0 Å². The van der Waals surface area contributed by atoms with Gasteiger partial charge in [-0.25, -0.2) is 8.42 Å². The van der Waals surface area contributed by atoms with E-state index in [1.165, 1.54) is 0 Å². The van der Waals surface area contributed by atoms with Gasteiger partial charge in [0, 0.05) is 13.1 Å². The number of nitrogens with one attached hydrogen (secondary N) is 1. The predicted molar refractivity (Wildman–Crippen MR) is 105 cm³/mol. The van der Waals surface area contributed by atoms with Gasteiger partial charge in [0.1, 0.15) is 0 Å². The van der Waals surface area contributed by atoms with E-state index in [0.717, 1.165) is 5.56 Å². The van der Waals surface area contributed by atoms with Gasteiger partial charge < -0.3 is 9.64 Å². The second-order valence-electron chi connectivity index (χ2n) is 6.78. The van der Waals surface area contributed by atoms with Crippen molar-refractivity contribution in [3.63, 3.8) is 0 Å². The van der Waals surface area contributed by atoms with Crippen LogP contribution in [0.3, 0.4) is 0 Å². The van der Waals surface area contributed by atoms with Crippen LogP contribution in [0.25, 0.3) is 0 Å². The molecule has 7 heteroatoms. The summed E-state index contributed by atoms with van der Waals surface area (Å²) in [6.45, 7) is 6.07. The fourth-order valence-corrected chi connectivity index (χ4v) is 4.01.